The Morgan fingerprint density at radius 2 is 1.96 bits per heavy atom. The molecule has 0 aliphatic carbocycles. The van der Waals surface area contributed by atoms with Crippen molar-refractivity contribution in [3.63, 3.8) is 0 Å². The van der Waals surface area contributed by atoms with E-state index in [9.17, 15) is 9.59 Å². The zero-order valence-corrected chi connectivity index (χ0v) is 15.4. The van der Waals surface area contributed by atoms with Gasteiger partial charge in [0, 0.05) is 29.6 Å². The molecule has 140 valence electrons. The summed E-state index contributed by atoms with van der Waals surface area (Å²) in [6.07, 6.45) is -0.714. The van der Waals surface area contributed by atoms with Gasteiger partial charge < -0.3 is 19.2 Å². The van der Waals surface area contributed by atoms with E-state index in [0.717, 1.165) is 16.5 Å². The fourth-order valence-electron chi connectivity index (χ4n) is 2.81. The highest BCUT2D eigenvalue weighted by atomic mass is 16.5. The standard InChI is InChI=1S/C21H21NO5/c1-13-10-20(23)27-19-11-16(8-9-17(13)19)26-14(2)21(24)22-12-15-6-4-5-7-18(15)25-3/h4-11,14H,12H2,1-3H3,(H,22,24). The van der Waals surface area contributed by atoms with Crippen LogP contribution < -0.4 is 20.4 Å². The van der Waals surface area contributed by atoms with E-state index in [1.165, 1.54) is 6.07 Å². The Labute approximate surface area is 156 Å². The molecule has 0 saturated carbocycles. The molecule has 0 aliphatic rings. The highest BCUT2D eigenvalue weighted by Crippen LogP contribution is 2.23. The Hall–Kier alpha value is -3.28. The maximum absolute atomic E-state index is 12.3. The Morgan fingerprint density at radius 3 is 2.74 bits per heavy atom. The van der Waals surface area contributed by atoms with Crippen molar-refractivity contribution >= 4 is 16.9 Å². The zero-order chi connectivity index (χ0) is 19.4. The van der Waals surface area contributed by atoms with Crippen LogP contribution in [0, 0.1) is 6.92 Å². The average molecular weight is 367 g/mol. The lowest BCUT2D eigenvalue weighted by molar-refractivity contribution is -0.127. The molecule has 6 heteroatoms. The van der Waals surface area contributed by atoms with Crippen molar-refractivity contribution in [3.05, 3.63) is 70.1 Å². The van der Waals surface area contributed by atoms with Gasteiger partial charge in [-0.3, -0.25) is 4.79 Å². The first-order valence-corrected chi connectivity index (χ1v) is 8.58. The molecule has 1 atom stereocenters. The number of rotatable bonds is 6. The lowest BCUT2D eigenvalue weighted by Crippen LogP contribution is -2.35. The first kappa shape index (κ1) is 18.5. The van der Waals surface area contributed by atoms with E-state index in [2.05, 4.69) is 5.32 Å². The number of nitrogens with one attached hydrogen (secondary N) is 1. The number of benzene rings is 2. The molecule has 3 rings (SSSR count). The summed E-state index contributed by atoms with van der Waals surface area (Å²) >= 11 is 0. The third-order valence-corrected chi connectivity index (χ3v) is 4.25. The molecular formula is C21H21NO5. The number of ether oxygens (including phenoxy) is 2. The number of fused-ring (bicyclic) bond motifs is 1. The van der Waals surface area contributed by atoms with E-state index in [-0.39, 0.29) is 5.91 Å². The molecule has 1 N–H and O–H groups in total. The molecule has 0 saturated heterocycles. The average Bonchev–Trinajstić information content (AvgIpc) is 2.65. The van der Waals surface area contributed by atoms with Gasteiger partial charge in [-0.2, -0.15) is 0 Å². The van der Waals surface area contributed by atoms with Gasteiger partial charge in [-0.05, 0) is 37.6 Å². The number of carbonyl (C=O) groups excluding carboxylic acids is 1. The fourth-order valence-corrected chi connectivity index (χ4v) is 2.81. The lowest BCUT2D eigenvalue weighted by Gasteiger charge is -2.16. The maximum atomic E-state index is 12.3. The van der Waals surface area contributed by atoms with Crippen LogP contribution in [0.5, 0.6) is 11.5 Å². The van der Waals surface area contributed by atoms with Crippen molar-refractivity contribution in [1.82, 2.24) is 5.32 Å². The van der Waals surface area contributed by atoms with Crippen molar-refractivity contribution in [2.24, 2.45) is 0 Å². The molecule has 3 aromatic rings. The minimum Gasteiger partial charge on any atom is -0.496 e. The molecule has 1 unspecified atom stereocenters. The summed E-state index contributed by atoms with van der Waals surface area (Å²) < 4.78 is 16.2. The monoisotopic (exact) mass is 367 g/mol. The highest BCUT2D eigenvalue weighted by molar-refractivity contribution is 5.82. The predicted molar refractivity (Wildman–Crippen MR) is 102 cm³/mol. The topological polar surface area (TPSA) is 77.8 Å². The summed E-state index contributed by atoms with van der Waals surface area (Å²) in [5.41, 5.74) is 1.72. The Kier molecular flexibility index (Phi) is 5.45. The first-order valence-electron chi connectivity index (χ1n) is 8.58. The second kappa shape index (κ2) is 7.95. The van der Waals surface area contributed by atoms with Crippen molar-refractivity contribution in [1.29, 1.82) is 0 Å². The summed E-state index contributed by atoms with van der Waals surface area (Å²) in [7, 11) is 1.59. The summed E-state index contributed by atoms with van der Waals surface area (Å²) in [6, 6.07) is 14.1. The number of para-hydroxylation sites is 1. The molecule has 0 bridgehead atoms. The summed E-state index contributed by atoms with van der Waals surface area (Å²) in [5.74, 6) is 0.911. The van der Waals surface area contributed by atoms with Crippen LogP contribution >= 0.6 is 0 Å². The van der Waals surface area contributed by atoms with Gasteiger partial charge in [-0.15, -0.1) is 0 Å². The molecule has 1 amide bonds. The van der Waals surface area contributed by atoms with Crippen molar-refractivity contribution in [3.8, 4) is 11.5 Å². The Bertz CT molecular complexity index is 1020. The third kappa shape index (κ3) is 4.28. The second-order valence-electron chi connectivity index (χ2n) is 6.20. The van der Waals surface area contributed by atoms with Crippen molar-refractivity contribution < 1.29 is 18.7 Å². The molecule has 0 fully saturated rings. The first-order chi connectivity index (χ1) is 13.0. The minimum atomic E-state index is -0.714. The van der Waals surface area contributed by atoms with Gasteiger partial charge in [0.05, 0.1) is 7.11 Å². The molecule has 0 aliphatic heterocycles. The van der Waals surface area contributed by atoms with Gasteiger partial charge in [0.15, 0.2) is 6.10 Å². The van der Waals surface area contributed by atoms with E-state index in [0.29, 0.717) is 23.6 Å². The van der Waals surface area contributed by atoms with E-state index in [1.807, 2.05) is 37.3 Å². The van der Waals surface area contributed by atoms with Crippen LogP contribution in [0.15, 0.2) is 57.7 Å². The third-order valence-electron chi connectivity index (χ3n) is 4.25. The van der Waals surface area contributed by atoms with Crippen LogP contribution in [0.2, 0.25) is 0 Å². The van der Waals surface area contributed by atoms with Gasteiger partial charge in [0.2, 0.25) is 0 Å². The minimum absolute atomic E-state index is 0.258. The number of hydrogen-bond donors (Lipinski definition) is 1. The Morgan fingerprint density at radius 1 is 1.19 bits per heavy atom. The van der Waals surface area contributed by atoms with Crippen LogP contribution in [0.3, 0.4) is 0 Å². The van der Waals surface area contributed by atoms with E-state index in [4.69, 9.17) is 13.9 Å². The molecule has 6 nitrogen and oxygen atoms in total. The summed E-state index contributed by atoms with van der Waals surface area (Å²) in [4.78, 5) is 23.9. The predicted octanol–water partition coefficient (Wildman–Crippen LogP) is 3.19. The number of carbonyl (C=O) groups is 1. The largest absolute Gasteiger partial charge is 0.496 e. The lowest BCUT2D eigenvalue weighted by atomic mass is 10.1. The van der Waals surface area contributed by atoms with Gasteiger partial charge in [-0.25, -0.2) is 4.79 Å². The van der Waals surface area contributed by atoms with Gasteiger partial charge in [0.1, 0.15) is 17.1 Å². The number of aryl methyl sites for hydroxylation is 1. The smallest absolute Gasteiger partial charge is 0.336 e. The SMILES string of the molecule is COc1ccccc1CNC(=O)C(C)Oc1ccc2c(C)cc(=O)oc2c1. The molecule has 0 spiro atoms. The van der Waals surface area contributed by atoms with E-state index >= 15 is 0 Å². The molecule has 1 aromatic heterocycles. The number of hydrogen-bond acceptors (Lipinski definition) is 5. The molecular weight excluding hydrogens is 346 g/mol. The summed E-state index contributed by atoms with van der Waals surface area (Å²) in [5, 5.41) is 3.66. The van der Waals surface area contributed by atoms with Crippen molar-refractivity contribution in [2.75, 3.05) is 7.11 Å². The van der Waals surface area contributed by atoms with Crippen LogP contribution in [0.25, 0.3) is 11.0 Å². The quantitative estimate of drug-likeness (QED) is 0.677. The number of amides is 1. The highest BCUT2D eigenvalue weighted by Gasteiger charge is 2.16. The number of methoxy groups -OCH3 is 1. The van der Waals surface area contributed by atoms with Gasteiger partial charge in [0.25, 0.3) is 5.91 Å². The van der Waals surface area contributed by atoms with Crippen LogP contribution in [-0.4, -0.2) is 19.1 Å². The van der Waals surface area contributed by atoms with Crippen LogP contribution in [-0.2, 0) is 11.3 Å². The van der Waals surface area contributed by atoms with Crippen LogP contribution in [0.4, 0.5) is 0 Å². The fraction of sp³-hybridized carbons (Fsp3) is 0.238. The van der Waals surface area contributed by atoms with Crippen LogP contribution in [0.1, 0.15) is 18.1 Å². The molecule has 2 aromatic carbocycles. The summed E-state index contributed by atoms with van der Waals surface area (Å²) in [6.45, 7) is 3.84. The second-order valence-corrected chi connectivity index (χ2v) is 6.20. The van der Waals surface area contributed by atoms with Gasteiger partial charge in [-0.1, -0.05) is 18.2 Å². The van der Waals surface area contributed by atoms with E-state index < -0.39 is 11.7 Å². The molecule has 1 heterocycles. The Balaban J connectivity index is 1.67. The van der Waals surface area contributed by atoms with Gasteiger partial charge >= 0.3 is 5.63 Å². The molecule has 27 heavy (non-hydrogen) atoms. The normalized spacial score (nSPS) is 11.8. The zero-order valence-electron chi connectivity index (χ0n) is 15.4. The molecule has 0 radical (unpaired) electrons. The maximum Gasteiger partial charge on any atom is 0.336 e. The van der Waals surface area contributed by atoms with Crippen molar-refractivity contribution in [2.45, 2.75) is 26.5 Å². The van der Waals surface area contributed by atoms with E-state index in [1.54, 1.807) is 26.2 Å².